The summed E-state index contributed by atoms with van der Waals surface area (Å²) in [6.45, 7) is 7.55. The Kier molecular flexibility index (Phi) is 6.91. The molecule has 1 rings (SSSR count). The summed E-state index contributed by atoms with van der Waals surface area (Å²) in [5, 5.41) is 11.8. The molecule has 0 aromatic carbocycles. The van der Waals surface area contributed by atoms with Crippen molar-refractivity contribution in [3.05, 3.63) is 0 Å². The van der Waals surface area contributed by atoms with E-state index in [-0.39, 0.29) is 24.5 Å². The fourth-order valence-electron chi connectivity index (χ4n) is 2.46. The average Bonchev–Trinajstić information content (AvgIpc) is 2.37. The largest absolute Gasteiger partial charge is 0.480 e. The number of urea groups is 1. The number of likely N-dealkylation sites (N-methyl/N-ethyl adjacent to an activating group) is 2. The molecule has 1 saturated heterocycles. The number of carbonyl (C=O) groups excluding carboxylic acids is 1. The molecule has 1 heterocycles. The van der Waals surface area contributed by atoms with Crippen molar-refractivity contribution in [1.29, 1.82) is 0 Å². The van der Waals surface area contributed by atoms with Crippen molar-refractivity contribution in [3.8, 4) is 0 Å². The van der Waals surface area contributed by atoms with Crippen LogP contribution in [-0.2, 0) is 4.79 Å². The first-order valence-electron chi connectivity index (χ1n) is 7.43. The number of hydrogen-bond donors (Lipinski definition) is 2. The molecule has 0 saturated carbocycles. The van der Waals surface area contributed by atoms with Crippen molar-refractivity contribution < 1.29 is 14.7 Å². The molecule has 2 N–H and O–H groups in total. The van der Waals surface area contributed by atoms with Crippen molar-refractivity contribution in [3.63, 3.8) is 0 Å². The van der Waals surface area contributed by atoms with E-state index < -0.39 is 5.97 Å². The number of carbonyl (C=O) groups is 2. The van der Waals surface area contributed by atoms with E-state index in [1.165, 1.54) is 4.90 Å². The third kappa shape index (κ3) is 6.31. The second kappa shape index (κ2) is 8.19. The molecule has 7 heteroatoms. The van der Waals surface area contributed by atoms with Gasteiger partial charge in [0.25, 0.3) is 0 Å². The van der Waals surface area contributed by atoms with Crippen LogP contribution >= 0.6 is 0 Å². The van der Waals surface area contributed by atoms with Gasteiger partial charge in [0.1, 0.15) is 6.54 Å². The summed E-state index contributed by atoms with van der Waals surface area (Å²) in [4.78, 5) is 28.8. The molecule has 1 aliphatic heterocycles. The van der Waals surface area contributed by atoms with Crippen LogP contribution in [0.3, 0.4) is 0 Å². The van der Waals surface area contributed by atoms with Gasteiger partial charge < -0.3 is 20.2 Å². The van der Waals surface area contributed by atoms with Gasteiger partial charge in [0.05, 0.1) is 0 Å². The second-order valence-corrected chi connectivity index (χ2v) is 6.25. The van der Waals surface area contributed by atoms with Gasteiger partial charge in [-0.2, -0.15) is 0 Å². The van der Waals surface area contributed by atoms with E-state index in [0.717, 1.165) is 19.6 Å². The minimum Gasteiger partial charge on any atom is -0.480 e. The maximum absolute atomic E-state index is 12.2. The lowest BCUT2D eigenvalue weighted by Gasteiger charge is -2.38. The summed E-state index contributed by atoms with van der Waals surface area (Å²) in [7, 11) is 4.12. The molecule has 1 fully saturated rings. The van der Waals surface area contributed by atoms with Crippen LogP contribution in [-0.4, -0.2) is 91.2 Å². The topological polar surface area (TPSA) is 76.1 Å². The number of carboxylic acid groups (broad SMARTS) is 1. The highest BCUT2D eigenvalue weighted by Gasteiger charge is 2.24. The third-order valence-electron chi connectivity index (χ3n) is 3.67. The Morgan fingerprint density at radius 3 is 2.57 bits per heavy atom. The van der Waals surface area contributed by atoms with Gasteiger partial charge >= 0.3 is 12.0 Å². The Balaban J connectivity index is 2.50. The van der Waals surface area contributed by atoms with Gasteiger partial charge in [-0.1, -0.05) is 13.8 Å². The quantitative estimate of drug-likeness (QED) is 0.721. The van der Waals surface area contributed by atoms with Gasteiger partial charge in [0.2, 0.25) is 0 Å². The zero-order valence-corrected chi connectivity index (χ0v) is 13.5. The lowest BCUT2D eigenvalue weighted by atomic mass is 10.2. The summed E-state index contributed by atoms with van der Waals surface area (Å²) >= 11 is 0. The zero-order valence-electron chi connectivity index (χ0n) is 13.5. The van der Waals surface area contributed by atoms with Crippen LogP contribution in [0, 0.1) is 5.92 Å². The number of aliphatic carboxylic acids is 1. The summed E-state index contributed by atoms with van der Waals surface area (Å²) < 4.78 is 0. The summed E-state index contributed by atoms with van der Waals surface area (Å²) in [6.07, 6.45) is 0. The van der Waals surface area contributed by atoms with Crippen LogP contribution < -0.4 is 5.32 Å². The highest BCUT2D eigenvalue weighted by molar-refractivity contribution is 5.80. The van der Waals surface area contributed by atoms with Gasteiger partial charge in [-0.05, 0) is 20.0 Å². The Hall–Kier alpha value is -1.34. The maximum Gasteiger partial charge on any atom is 0.323 e. The Morgan fingerprint density at radius 2 is 2.00 bits per heavy atom. The molecular weight excluding hydrogens is 272 g/mol. The van der Waals surface area contributed by atoms with E-state index in [1.54, 1.807) is 0 Å². The number of rotatable bonds is 6. The first-order chi connectivity index (χ1) is 9.79. The number of hydrogen-bond acceptors (Lipinski definition) is 4. The summed E-state index contributed by atoms with van der Waals surface area (Å²) in [6, 6.07) is -0.0360. The van der Waals surface area contributed by atoms with Crippen LogP contribution in [0.25, 0.3) is 0 Å². The van der Waals surface area contributed by atoms with Crippen molar-refractivity contribution >= 4 is 12.0 Å². The van der Waals surface area contributed by atoms with E-state index in [1.807, 2.05) is 20.9 Å². The number of amides is 2. The van der Waals surface area contributed by atoms with E-state index in [0.29, 0.717) is 13.1 Å². The molecule has 1 aliphatic rings. The van der Waals surface area contributed by atoms with Crippen LogP contribution in [0.4, 0.5) is 4.79 Å². The van der Waals surface area contributed by atoms with Crippen molar-refractivity contribution in [2.45, 2.75) is 19.9 Å². The molecule has 7 nitrogen and oxygen atoms in total. The molecule has 0 aromatic heterocycles. The van der Waals surface area contributed by atoms with E-state index in [2.05, 4.69) is 22.2 Å². The normalized spacial score (nSPS) is 20.5. The maximum atomic E-state index is 12.2. The smallest absolute Gasteiger partial charge is 0.323 e. The minimum atomic E-state index is -0.986. The lowest BCUT2D eigenvalue weighted by molar-refractivity contribution is -0.137. The van der Waals surface area contributed by atoms with Gasteiger partial charge in [-0.25, -0.2) is 4.79 Å². The van der Waals surface area contributed by atoms with E-state index in [4.69, 9.17) is 5.11 Å². The second-order valence-electron chi connectivity index (χ2n) is 6.25. The monoisotopic (exact) mass is 300 g/mol. The molecule has 1 atom stereocenters. The zero-order chi connectivity index (χ0) is 16.0. The molecule has 0 spiro atoms. The first kappa shape index (κ1) is 17.7. The Morgan fingerprint density at radius 1 is 1.33 bits per heavy atom. The van der Waals surface area contributed by atoms with E-state index in [9.17, 15) is 9.59 Å². The highest BCUT2D eigenvalue weighted by atomic mass is 16.4. The lowest BCUT2D eigenvalue weighted by Crippen LogP contribution is -2.56. The van der Waals surface area contributed by atoms with Gasteiger partial charge in [0, 0.05) is 38.8 Å². The Bertz CT molecular complexity index is 362. The van der Waals surface area contributed by atoms with Crippen molar-refractivity contribution in [2.75, 3.05) is 53.4 Å². The van der Waals surface area contributed by atoms with Crippen molar-refractivity contribution in [2.24, 2.45) is 5.92 Å². The molecule has 2 amide bonds. The fraction of sp³-hybridized carbons (Fsp3) is 0.857. The summed E-state index contributed by atoms with van der Waals surface area (Å²) in [5.41, 5.74) is 0. The van der Waals surface area contributed by atoms with Gasteiger partial charge in [-0.15, -0.1) is 0 Å². The highest BCUT2D eigenvalue weighted by Crippen LogP contribution is 2.05. The molecule has 1 unspecified atom stereocenters. The minimum absolute atomic E-state index is 0.235. The molecule has 21 heavy (non-hydrogen) atoms. The molecule has 0 radical (unpaired) electrons. The third-order valence-corrected chi connectivity index (χ3v) is 3.67. The van der Waals surface area contributed by atoms with Crippen LogP contribution in [0.15, 0.2) is 0 Å². The molecule has 0 aromatic rings. The number of nitrogens with one attached hydrogen (secondary N) is 1. The van der Waals surface area contributed by atoms with Gasteiger partial charge in [-0.3, -0.25) is 9.69 Å². The van der Waals surface area contributed by atoms with Crippen LogP contribution in [0.5, 0.6) is 0 Å². The standard InChI is InChI=1S/C14H28N4O3/c1-11(2)8-18(10-13(19)20)14(21)15-7-12-9-16(3)5-6-17(12)4/h11-12H,5-10H2,1-4H3,(H,15,21)(H,19,20). The van der Waals surface area contributed by atoms with E-state index >= 15 is 0 Å². The predicted molar refractivity (Wildman–Crippen MR) is 81.4 cm³/mol. The first-order valence-corrected chi connectivity index (χ1v) is 7.43. The van der Waals surface area contributed by atoms with Crippen molar-refractivity contribution in [1.82, 2.24) is 20.0 Å². The van der Waals surface area contributed by atoms with Gasteiger partial charge in [0.15, 0.2) is 0 Å². The average molecular weight is 300 g/mol. The SMILES string of the molecule is CC(C)CN(CC(=O)O)C(=O)NCC1CN(C)CCN1C. The predicted octanol–water partition coefficient (Wildman–Crippen LogP) is -0.0156. The fourth-order valence-corrected chi connectivity index (χ4v) is 2.46. The van der Waals surface area contributed by atoms with Crippen LogP contribution in [0.2, 0.25) is 0 Å². The number of nitrogens with zero attached hydrogens (tertiary/aromatic N) is 3. The van der Waals surface area contributed by atoms with Crippen LogP contribution in [0.1, 0.15) is 13.8 Å². The summed E-state index contributed by atoms with van der Waals surface area (Å²) in [5.74, 6) is -0.751. The molecule has 122 valence electrons. The molecule has 0 aliphatic carbocycles. The number of piperazine rings is 1. The molecular formula is C14H28N4O3. The Labute approximate surface area is 126 Å². The number of carboxylic acids is 1. The molecule has 0 bridgehead atoms.